The number of hydrogen-bond donors (Lipinski definition) is 2. The number of carbonyl (C=O) groups is 1. The van der Waals surface area contributed by atoms with E-state index in [1.165, 1.54) is 0 Å². The average molecular weight is 429 g/mol. The van der Waals surface area contributed by atoms with E-state index in [4.69, 9.17) is 4.74 Å². The van der Waals surface area contributed by atoms with Gasteiger partial charge in [0.05, 0.1) is 12.6 Å². The van der Waals surface area contributed by atoms with Crippen LogP contribution in [0.3, 0.4) is 0 Å². The van der Waals surface area contributed by atoms with E-state index >= 15 is 0 Å². The molecule has 166 valence electrons. The number of fused-ring (bicyclic) bond motifs is 1. The first-order valence-corrected chi connectivity index (χ1v) is 11.1. The molecule has 0 aliphatic carbocycles. The van der Waals surface area contributed by atoms with Gasteiger partial charge in [0.25, 0.3) is 5.91 Å². The molecule has 0 bridgehead atoms. The highest BCUT2D eigenvalue weighted by atomic mass is 16.5. The zero-order chi connectivity index (χ0) is 23.1. The number of carbonyl (C=O) groups excluding carboxylic acids is 1. The summed E-state index contributed by atoms with van der Waals surface area (Å²) in [5.74, 6) is 0.764. The summed E-state index contributed by atoms with van der Waals surface area (Å²) in [6.45, 7) is 8.72. The Kier molecular flexibility index (Phi) is 7.37. The smallest absolute Gasteiger partial charge is 0.251 e. The standard InChI is InChI=1S/C26H26N2O2.C2H6/c1-26(2)16-20(17-27-25(29)18-9-5-4-6-10-18)22-15-19(13-14-23(22)28-26)21-11-7-8-12-24(21)30-3;1-2/h4-16,28H,17H2,1-3H3,(H,27,29);1-2H3. The molecular formula is C28H32N2O2. The lowest BCUT2D eigenvalue weighted by atomic mass is 9.88. The minimum atomic E-state index is -0.203. The van der Waals surface area contributed by atoms with Crippen LogP contribution in [-0.4, -0.2) is 25.1 Å². The van der Waals surface area contributed by atoms with Crippen molar-refractivity contribution in [3.05, 3.63) is 90.0 Å². The van der Waals surface area contributed by atoms with Crippen molar-refractivity contribution >= 4 is 17.2 Å². The third-order valence-corrected chi connectivity index (χ3v) is 5.25. The summed E-state index contributed by atoms with van der Waals surface area (Å²) < 4.78 is 5.54. The van der Waals surface area contributed by atoms with Crippen LogP contribution in [0.5, 0.6) is 5.75 Å². The zero-order valence-corrected chi connectivity index (χ0v) is 19.5. The summed E-state index contributed by atoms with van der Waals surface area (Å²) in [4.78, 5) is 12.6. The van der Waals surface area contributed by atoms with Crippen molar-refractivity contribution < 1.29 is 9.53 Å². The van der Waals surface area contributed by atoms with Gasteiger partial charge in [-0.25, -0.2) is 0 Å². The summed E-state index contributed by atoms with van der Waals surface area (Å²) in [6.07, 6.45) is 2.19. The fourth-order valence-corrected chi connectivity index (χ4v) is 3.88. The van der Waals surface area contributed by atoms with Crippen LogP contribution in [-0.2, 0) is 0 Å². The lowest BCUT2D eigenvalue weighted by molar-refractivity contribution is 0.0958. The number of rotatable bonds is 5. The Hall–Kier alpha value is -3.53. The maximum absolute atomic E-state index is 12.6. The molecular weight excluding hydrogens is 396 g/mol. The van der Waals surface area contributed by atoms with E-state index in [0.717, 1.165) is 33.7 Å². The fourth-order valence-electron chi connectivity index (χ4n) is 3.88. The highest BCUT2D eigenvalue weighted by molar-refractivity contribution is 5.96. The number of hydrogen-bond acceptors (Lipinski definition) is 3. The number of ether oxygens (including phenoxy) is 1. The van der Waals surface area contributed by atoms with Crippen molar-refractivity contribution in [2.45, 2.75) is 33.2 Å². The van der Waals surface area contributed by atoms with Gasteiger partial charge < -0.3 is 15.4 Å². The summed E-state index contributed by atoms with van der Waals surface area (Å²) in [5.41, 5.74) is 5.82. The van der Waals surface area contributed by atoms with Crippen LogP contribution in [0.1, 0.15) is 43.6 Å². The Morgan fingerprint density at radius 3 is 2.34 bits per heavy atom. The maximum atomic E-state index is 12.6. The number of para-hydroxylation sites is 1. The van der Waals surface area contributed by atoms with E-state index in [2.05, 4.69) is 54.8 Å². The van der Waals surface area contributed by atoms with Crippen molar-refractivity contribution in [1.29, 1.82) is 0 Å². The molecule has 4 rings (SSSR count). The van der Waals surface area contributed by atoms with Crippen LogP contribution in [0, 0.1) is 0 Å². The molecule has 1 aliphatic heterocycles. The van der Waals surface area contributed by atoms with Crippen molar-refractivity contribution in [2.75, 3.05) is 19.0 Å². The van der Waals surface area contributed by atoms with Crippen molar-refractivity contribution in [1.82, 2.24) is 5.32 Å². The van der Waals surface area contributed by atoms with E-state index in [1.807, 2.05) is 62.4 Å². The number of nitrogens with one attached hydrogen (secondary N) is 2. The summed E-state index contributed by atoms with van der Waals surface area (Å²) in [7, 11) is 1.69. The fraction of sp³-hybridized carbons (Fsp3) is 0.250. The van der Waals surface area contributed by atoms with E-state index < -0.39 is 0 Å². The van der Waals surface area contributed by atoms with Gasteiger partial charge in [-0.1, -0.05) is 62.4 Å². The SMILES string of the molecule is CC.COc1ccccc1-c1ccc2c(c1)C(CNC(=O)c1ccccc1)=CC(C)(C)N2. The first-order chi connectivity index (χ1) is 15.5. The predicted octanol–water partition coefficient (Wildman–Crippen LogP) is 6.41. The molecule has 0 saturated heterocycles. The predicted molar refractivity (Wildman–Crippen MR) is 134 cm³/mol. The molecule has 0 atom stereocenters. The lowest BCUT2D eigenvalue weighted by Crippen LogP contribution is -2.34. The lowest BCUT2D eigenvalue weighted by Gasteiger charge is -2.33. The Bertz CT molecular complexity index is 1100. The molecule has 1 amide bonds. The second-order valence-corrected chi connectivity index (χ2v) is 8.03. The minimum absolute atomic E-state index is 0.0738. The molecule has 1 heterocycles. The normalized spacial score (nSPS) is 13.5. The number of methoxy groups -OCH3 is 1. The van der Waals surface area contributed by atoms with Crippen LogP contribution in [0.25, 0.3) is 16.7 Å². The Labute approximate surface area is 191 Å². The van der Waals surface area contributed by atoms with E-state index in [9.17, 15) is 4.79 Å². The van der Waals surface area contributed by atoms with Gasteiger partial charge in [-0.3, -0.25) is 4.79 Å². The molecule has 1 aliphatic rings. The first kappa shape index (κ1) is 23.1. The van der Waals surface area contributed by atoms with Crippen molar-refractivity contribution in [2.24, 2.45) is 0 Å². The van der Waals surface area contributed by atoms with Gasteiger partial charge in [0.2, 0.25) is 0 Å². The Balaban J connectivity index is 0.00000141. The Morgan fingerprint density at radius 2 is 1.62 bits per heavy atom. The topological polar surface area (TPSA) is 50.4 Å². The third kappa shape index (κ3) is 5.20. The maximum Gasteiger partial charge on any atom is 0.251 e. The second kappa shape index (κ2) is 10.2. The second-order valence-electron chi connectivity index (χ2n) is 8.03. The van der Waals surface area contributed by atoms with Gasteiger partial charge in [0, 0.05) is 28.9 Å². The minimum Gasteiger partial charge on any atom is -0.496 e. The molecule has 4 heteroatoms. The van der Waals surface area contributed by atoms with Crippen LogP contribution in [0.15, 0.2) is 78.9 Å². The molecule has 0 aromatic heterocycles. The van der Waals surface area contributed by atoms with Gasteiger partial charge in [-0.15, -0.1) is 0 Å². The van der Waals surface area contributed by atoms with Gasteiger partial charge in [0.1, 0.15) is 5.75 Å². The highest BCUT2D eigenvalue weighted by Crippen LogP contribution is 2.38. The van der Waals surface area contributed by atoms with Gasteiger partial charge >= 0.3 is 0 Å². The number of benzene rings is 3. The van der Waals surface area contributed by atoms with E-state index in [1.54, 1.807) is 7.11 Å². The van der Waals surface area contributed by atoms with Crippen molar-refractivity contribution in [3.63, 3.8) is 0 Å². The molecule has 0 saturated carbocycles. The molecule has 2 N–H and O–H groups in total. The van der Waals surface area contributed by atoms with E-state index in [-0.39, 0.29) is 11.4 Å². The quantitative estimate of drug-likeness (QED) is 0.494. The third-order valence-electron chi connectivity index (χ3n) is 5.25. The molecule has 0 unspecified atom stereocenters. The molecule has 0 radical (unpaired) electrons. The molecule has 32 heavy (non-hydrogen) atoms. The molecule has 0 spiro atoms. The highest BCUT2D eigenvalue weighted by Gasteiger charge is 2.25. The van der Waals surface area contributed by atoms with Crippen LogP contribution < -0.4 is 15.4 Å². The molecule has 3 aromatic carbocycles. The Morgan fingerprint density at radius 1 is 0.938 bits per heavy atom. The van der Waals surface area contributed by atoms with Gasteiger partial charge in [-0.05, 0) is 55.3 Å². The van der Waals surface area contributed by atoms with Crippen LogP contribution in [0.2, 0.25) is 0 Å². The first-order valence-electron chi connectivity index (χ1n) is 11.1. The number of amides is 1. The summed E-state index contributed by atoms with van der Waals surface area (Å²) in [5, 5.41) is 6.64. The summed E-state index contributed by atoms with van der Waals surface area (Å²) in [6, 6.07) is 23.7. The monoisotopic (exact) mass is 428 g/mol. The average Bonchev–Trinajstić information content (AvgIpc) is 2.83. The van der Waals surface area contributed by atoms with Crippen molar-refractivity contribution in [3.8, 4) is 16.9 Å². The van der Waals surface area contributed by atoms with Crippen LogP contribution in [0.4, 0.5) is 5.69 Å². The van der Waals surface area contributed by atoms with E-state index in [0.29, 0.717) is 12.1 Å². The van der Waals surface area contributed by atoms with Gasteiger partial charge in [0.15, 0.2) is 0 Å². The summed E-state index contributed by atoms with van der Waals surface area (Å²) >= 11 is 0. The molecule has 4 nitrogen and oxygen atoms in total. The van der Waals surface area contributed by atoms with Gasteiger partial charge in [-0.2, -0.15) is 0 Å². The van der Waals surface area contributed by atoms with Crippen LogP contribution >= 0.6 is 0 Å². The molecule has 0 fully saturated rings. The largest absolute Gasteiger partial charge is 0.496 e. The molecule has 3 aromatic rings. The zero-order valence-electron chi connectivity index (χ0n) is 19.5. The number of anilines is 1.